The predicted octanol–water partition coefficient (Wildman–Crippen LogP) is 2.08. The molecule has 0 N–H and O–H groups in total. The standard InChI is InChI=1S/C22H26ClNO9S/c1-11(25)30-18-16(33-22(29-4)20(32-13(3)27)19(18)31-12(2)26)9-24-17(28)10-34-21(24)14-5-7-15(23)8-6-14/h5-8,16,18-22H,9-10H2,1-4H3/t16-,18-,19+,20-,21-,22+/m1/s1. The molecule has 0 spiro atoms. The lowest BCUT2D eigenvalue weighted by Crippen LogP contribution is -2.63. The molecule has 3 rings (SSSR count). The smallest absolute Gasteiger partial charge is 0.303 e. The first kappa shape index (κ1) is 26.3. The number of nitrogens with zero attached hydrogens (tertiary/aromatic N) is 1. The van der Waals surface area contributed by atoms with E-state index in [4.69, 9.17) is 35.3 Å². The number of esters is 3. The van der Waals surface area contributed by atoms with Gasteiger partial charge >= 0.3 is 17.9 Å². The van der Waals surface area contributed by atoms with Crippen molar-refractivity contribution in [1.82, 2.24) is 4.90 Å². The van der Waals surface area contributed by atoms with Crippen molar-refractivity contribution in [2.45, 2.75) is 56.9 Å². The van der Waals surface area contributed by atoms with Gasteiger partial charge in [0.25, 0.3) is 0 Å². The van der Waals surface area contributed by atoms with Crippen LogP contribution in [0, 0.1) is 0 Å². The topological polar surface area (TPSA) is 118 Å². The van der Waals surface area contributed by atoms with Gasteiger partial charge in [-0.1, -0.05) is 23.7 Å². The summed E-state index contributed by atoms with van der Waals surface area (Å²) >= 11 is 7.43. The molecular formula is C22H26ClNO9S. The van der Waals surface area contributed by atoms with Crippen LogP contribution in [0.1, 0.15) is 31.7 Å². The fraction of sp³-hybridized carbons (Fsp3) is 0.545. The van der Waals surface area contributed by atoms with Crippen LogP contribution in [0.2, 0.25) is 5.02 Å². The molecule has 2 aliphatic rings. The highest BCUT2D eigenvalue weighted by atomic mass is 35.5. The molecule has 1 amide bonds. The maximum atomic E-state index is 12.8. The largest absolute Gasteiger partial charge is 0.456 e. The molecule has 0 saturated carbocycles. The lowest BCUT2D eigenvalue weighted by Gasteiger charge is -2.45. The van der Waals surface area contributed by atoms with E-state index in [0.29, 0.717) is 5.02 Å². The van der Waals surface area contributed by atoms with Gasteiger partial charge in [-0.15, -0.1) is 11.8 Å². The van der Waals surface area contributed by atoms with Crippen LogP contribution >= 0.6 is 23.4 Å². The summed E-state index contributed by atoms with van der Waals surface area (Å²) in [5.41, 5.74) is 0.859. The molecule has 1 aromatic carbocycles. The highest BCUT2D eigenvalue weighted by molar-refractivity contribution is 8.00. The van der Waals surface area contributed by atoms with Gasteiger partial charge in [0.15, 0.2) is 24.6 Å². The van der Waals surface area contributed by atoms with Gasteiger partial charge in [-0.25, -0.2) is 0 Å². The highest BCUT2D eigenvalue weighted by Crippen LogP contribution is 2.40. The zero-order valence-electron chi connectivity index (χ0n) is 19.1. The SMILES string of the molecule is CO[C@H]1O[C@H](CN2C(=O)CS[C@@H]2c2ccc(Cl)cc2)[C@@H](OC(C)=O)[C@H](OC(C)=O)[C@H]1OC(C)=O. The first-order valence-corrected chi connectivity index (χ1v) is 11.9. The van der Waals surface area contributed by atoms with Gasteiger partial charge in [0, 0.05) is 32.9 Å². The van der Waals surface area contributed by atoms with E-state index in [1.54, 1.807) is 17.0 Å². The number of carbonyl (C=O) groups excluding carboxylic acids is 4. The Morgan fingerprint density at radius 1 is 1.00 bits per heavy atom. The van der Waals surface area contributed by atoms with Crippen LogP contribution < -0.4 is 0 Å². The number of ether oxygens (including phenoxy) is 5. The van der Waals surface area contributed by atoms with Crippen LogP contribution in [0.4, 0.5) is 0 Å². The second-order valence-electron chi connectivity index (χ2n) is 7.76. The molecular weight excluding hydrogens is 490 g/mol. The van der Waals surface area contributed by atoms with Crippen molar-refractivity contribution in [1.29, 1.82) is 0 Å². The van der Waals surface area contributed by atoms with Crippen molar-refractivity contribution in [3.8, 4) is 0 Å². The molecule has 0 unspecified atom stereocenters. The Hall–Kier alpha value is -2.34. The summed E-state index contributed by atoms with van der Waals surface area (Å²) in [7, 11) is 1.34. The van der Waals surface area contributed by atoms with Crippen molar-refractivity contribution in [2.75, 3.05) is 19.4 Å². The van der Waals surface area contributed by atoms with Crippen molar-refractivity contribution < 1.29 is 42.9 Å². The molecule has 2 aliphatic heterocycles. The summed E-state index contributed by atoms with van der Waals surface area (Å²) in [6.07, 6.45) is -5.65. The third-order valence-electron chi connectivity index (χ3n) is 5.23. The molecule has 186 valence electrons. The predicted molar refractivity (Wildman–Crippen MR) is 121 cm³/mol. The van der Waals surface area contributed by atoms with Crippen molar-refractivity contribution >= 4 is 47.2 Å². The number of rotatable bonds is 7. The van der Waals surface area contributed by atoms with Crippen molar-refractivity contribution in [2.24, 2.45) is 0 Å². The van der Waals surface area contributed by atoms with Crippen LogP contribution in [-0.4, -0.2) is 78.8 Å². The van der Waals surface area contributed by atoms with E-state index in [1.807, 2.05) is 12.1 Å². The number of hydrogen-bond donors (Lipinski definition) is 0. The first-order chi connectivity index (χ1) is 16.1. The number of halogens is 1. The highest BCUT2D eigenvalue weighted by Gasteiger charge is 2.53. The number of hydrogen-bond acceptors (Lipinski definition) is 10. The van der Waals surface area contributed by atoms with Gasteiger partial charge in [0.2, 0.25) is 5.91 Å². The maximum absolute atomic E-state index is 12.8. The zero-order valence-corrected chi connectivity index (χ0v) is 20.7. The van der Waals surface area contributed by atoms with Gasteiger partial charge in [-0.05, 0) is 17.7 Å². The molecule has 6 atom stereocenters. The summed E-state index contributed by atoms with van der Waals surface area (Å²) in [6, 6.07) is 7.12. The van der Waals surface area contributed by atoms with E-state index in [2.05, 4.69) is 0 Å². The molecule has 1 aromatic rings. The van der Waals surface area contributed by atoms with Crippen LogP contribution in [0.25, 0.3) is 0 Å². The Balaban J connectivity index is 1.94. The first-order valence-electron chi connectivity index (χ1n) is 10.5. The van der Waals surface area contributed by atoms with E-state index in [9.17, 15) is 19.2 Å². The Morgan fingerprint density at radius 2 is 1.56 bits per heavy atom. The molecule has 10 nitrogen and oxygen atoms in total. The molecule has 0 aliphatic carbocycles. The number of amides is 1. The van der Waals surface area contributed by atoms with Crippen LogP contribution in [-0.2, 0) is 42.9 Å². The summed E-state index contributed by atoms with van der Waals surface area (Å²) in [5.74, 6) is -1.90. The van der Waals surface area contributed by atoms with E-state index in [-0.39, 0.29) is 23.6 Å². The van der Waals surface area contributed by atoms with E-state index in [1.165, 1.54) is 39.6 Å². The Bertz CT molecular complexity index is 927. The second-order valence-corrected chi connectivity index (χ2v) is 9.27. The lowest BCUT2D eigenvalue weighted by atomic mass is 9.97. The van der Waals surface area contributed by atoms with Gasteiger partial charge in [0.05, 0.1) is 12.3 Å². The van der Waals surface area contributed by atoms with Gasteiger partial charge in [0.1, 0.15) is 11.5 Å². The molecule has 0 aromatic heterocycles. The quantitative estimate of drug-likeness (QED) is 0.394. The fourth-order valence-corrected chi connectivity index (χ4v) is 5.27. The Kier molecular flexibility index (Phi) is 8.80. The summed E-state index contributed by atoms with van der Waals surface area (Å²) in [4.78, 5) is 49.9. The number of benzene rings is 1. The van der Waals surface area contributed by atoms with E-state index in [0.717, 1.165) is 5.56 Å². The van der Waals surface area contributed by atoms with E-state index >= 15 is 0 Å². The normalized spacial score (nSPS) is 29.0. The average Bonchev–Trinajstić information content (AvgIpc) is 3.11. The molecule has 12 heteroatoms. The van der Waals surface area contributed by atoms with Crippen LogP contribution in [0.5, 0.6) is 0 Å². The summed E-state index contributed by atoms with van der Waals surface area (Å²) in [5, 5.41) is 0.240. The van der Waals surface area contributed by atoms with Gasteiger partial charge < -0.3 is 28.6 Å². The second kappa shape index (κ2) is 11.4. The molecule has 0 bridgehead atoms. The lowest BCUT2D eigenvalue weighted by molar-refractivity contribution is -0.299. The third-order valence-corrected chi connectivity index (χ3v) is 6.74. The minimum Gasteiger partial charge on any atom is -0.456 e. The Morgan fingerprint density at radius 3 is 2.12 bits per heavy atom. The Labute approximate surface area is 206 Å². The van der Waals surface area contributed by atoms with Crippen molar-refractivity contribution in [3.63, 3.8) is 0 Å². The minimum atomic E-state index is -1.21. The summed E-state index contributed by atoms with van der Waals surface area (Å²) in [6.45, 7) is 3.56. The number of thioether (sulfide) groups is 1. The molecule has 2 fully saturated rings. The average molecular weight is 516 g/mol. The van der Waals surface area contributed by atoms with Crippen LogP contribution in [0.15, 0.2) is 24.3 Å². The number of methoxy groups -OCH3 is 1. The minimum absolute atomic E-state index is 0.00148. The van der Waals surface area contributed by atoms with Gasteiger partial charge in [-0.2, -0.15) is 0 Å². The number of carbonyl (C=O) groups is 4. The zero-order chi connectivity index (χ0) is 25.0. The maximum Gasteiger partial charge on any atom is 0.303 e. The summed E-state index contributed by atoms with van der Waals surface area (Å²) < 4.78 is 27.6. The monoisotopic (exact) mass is 515 g/mol. The van der Waals surface area contributed by atoms with Crippen molar-refractivity contribution in [3.05, 3.63) is 34.9 Å². The van der Waals surface area contributed by atoms with Gasteiger partial charge in [-0.3, -0.25) is 19.2 Å². The van der Waals surface area contributed by atoms with E-state index < -0.39 is 48.6 Å². The van der Waals surface area contributed by atoms with Crippen LogP contribution in [0.3, 0.4) is 0 Å². The molecule has 34 heavy (non-hydrogen) atoms. The third kappa shape index (κ3) is 6.21. The molecule has 2 heterocycles. The fourth-order valence-electron chi connectivity index (χ4n) is 3.94. The molecule has 2 saturated heterocycles. The molecule has 0 radical (unpaired) electrons.